The second kappa shape index (κ2) is 6.90. The van der Waals surface area contributed by atoms with E-state index in [0.29, 0.717) is 17.8 Å². The molecule has 2 aromatic rings. The number of piperidine rings is 1. The molecule has 1 unspecified atom stereocenters. The SMILES string of the molecule is CCn1nccc1C(=O)N1[C@@H]2CC[C@H]1CC(NC(=O)c1ccncc1)C2. The molecule has 4 heterocycles. The number of pyridine rings is 1. The van der Waals surface area contributed by atoms with Gasteiger partial charge in [-0.15, -0.1) is 0 Å². The lowest BCUT2D eigenvalue weighted by Gasteiger charge is -2.39. The molecule has 0 aliphatic carbocycles. The van der Waals surface area contributed by atoms with Crippen molar-refractivity contribution in [2.24, 2.45) is 0 Å². The van der Waals surface area contributed by atoms with Crippen molar-refractivity contribution in [1.82, 2.24) is 25.0 Å². The maximum Gasteiger partial charge on any atom is 0.272 e. The topological polar surface area (TPSA) is 80.1 Å². The first kappa shape index (κ1) is 16.8. The minimum Gasteiger partial charge on any atom is -0.349 e. The molecule has 0 aromatic carbocycles. The molecule has 2 aliphatic rings. The Kier molecular flexibility index (Phi) is 4.44. The van der Waals surface area contributed by atoms with Gasteiger partial charge in [0, 0.05) is 48.8 Å². The van der Waals surface area contributed by atoms with E-state index in [-0.39, 0.29) is 29.9 Å². The molecule has 0 radical (unpaired) electrons. The van der Waals surface area contributed by atoms with Crippen molar-refractivity contribution in [3.05, 3.63) is 48.0 Å². The van der Waals surface area contributed by atoms with Gasteiger partial charge in [-0.1, -0.05) is 0 Å². The highest BCUT2D eigenvalue weighted by Gasteiger charge is 2.44. The van der Waals surface area contributed by atoms with Crippen LogP contribution in [-0.2, 0) is 6.54 Å². The van der Waals surface area contributed by atoms with Gasteiger partial charge in [-0.25, -0.2) is 0 Å². The number of hydrogen-bond donors (Lipinski definition) is 1. The zero-order chi connectivity index (χ0) is 18.1. The third-order valence-corrected chi connectivity index (χ3v) is 5.48. The summed E-state index contributed by atoms with van der Waals surface area (Å²) >= 11 is 0. The number of fused-ring (bicyclic) bond motifs is 2. The highest BCUT2D eigenvalue weighted by atomic mass is 16.2. The monoisotopic (exact) mass is 353 g/mol. The zero-order valence-electron chi connectivity index (χ0n) is 14.8. The van der Waals surface area contributed by atoms with Crippen LogP contribution < -0.4 is 5.32 Å². The molecular formula is C19H23N5O2. The Morgan fingerprint density at radius 3 is 2.46 bits per heavy atom. The molecule has 4 rings (SSSR count). The zero-order valence-corrected chi connectivity index (χ0v) is 14.8. The largest absolute Gasteiger partial charge is 0.349 e. The molecule has 26 heavy (non-hydrogen) atoms. The van der Waals surface area contributed by atoms with Crippen molar-refractivity contribution in [3.8, 4) is 0 Å². The van der Waals surface area contributed by atoms with Crippen LogP contribution in [0, 0.1) is 0 Å². The van der Waals surface area contributed by atoms with Gasteiger partial charge in [-0.2, -0.15) is 5.10 Å². The molecule has 2 saturated heterocycles. The van der Waals surface area contributed by atoms with Crippen molar-refractivity contribution in [2.75, 3.05) is 0 Å². The highest BCUT2D eigenvalue weighted by Crippen LogP contribution is 2.36. The van der Waals surface area contributed by atoms with E-state index < -0.39 is 0 Å². The summed E-state index contributed by atoms with van der Waals surface area (Å²) in [4.78, 5) is 31.4. The van der Waals surface area contributed by atoms with Gasteiger partial charge in [0.1, 0.15) is 5.69 Å². The maximum atomic E-state index is 13.0. The Hall–Kier alpha value is -2.70. The molecule has 2 aromatic heterocycles. The average Bonchev–Trinajstić information content (AvgIpc) is 3.24. The summed E-state index contributed by atoms with van der Waals surface area (Å²) in [5.74, 6) is -0.00334. The van der Waals surface area contributed by atoms with Gasteiger partial charge in [0.05, 0.1) is 0 Å². The first-order chi connectivity index (χ1) is 12.7. The summed E-state index contributed by atoms with van der Waals surface area (Å²) < 4.78 is 1.75. The van der Waals surface area contributed by atoms with Crippen LogP contribution in [0.25, 0.3) is 0 Å². The van der Waals surface area contributed by atoms with Gasteiger partial charge in [-0.05, 0) is 50.8 Å². The molecule has 7 nitrogen and oxygen atoms in total. The molecule has 2 amide bonds. The van der Waals surface area contributed by atoms with E-state index in [4.69, 9.17) is 0 Å². The smallest absolute Gasteiger partial charge is 0.272 e. The summed E-state index contributed by atoms with van der Waals surface area (Å²) in [6, 6.07) is 5.70. The van der Waals surface area contributed by atoms with Crippen LogP contribution in [0.4, 0.5) is 0 Å². The molecule has 0 saturated carbocycles. The Morgan fingerprint density at radius 1 is 1.12 bits per heavy atom. The van der Waals surface area contributed by atoms with Crippen LogP contribution in [0.5, 0.6) is 0 Å². The predicted octanol–water partition coefficient (Wildman–Crippen LogP) is 1.86. The number of carbonyl (C=O) groups excluding carboxylic acids is 2. The Labute approximate surface area is 152 Å². The third-order valence-electron chi connectivity index (χ3n) is 5.48. The number of aryl methyl sites for hydroxylation is 1. The number of rotatable bonds is 4. The number of nitrogens with one attached hydrogen (secondary N) is 1. The molecule has 2 aliphatic heterocycles. The summed E-state index contributed by atoms with van der Waals surface area (Å²) in [6.07, 6.45) is 8.53. The van der Waals surface area contributed by atoms with E-state index in [1.807, 2.05) is 11.8 Å². The fraction of sp³-hybridized carbons (Fsp3) is 0.474. The van der Waals surface area contributed by atoms with Crippen LogP contribution >= 0.6 is 0 Å². The molecular weight excluding hydrogens is 330 g/mol. The van der Waals surface area contributed by atoms with Crippen molar-refractivity contribution >= 4 is 11.8 Å². The summed E-state index contributed by atoms with van der Waals surface area (Å²) in [5, 5.41) is 7.35. The maximum absolute atomic E-state index is 13.0. The van der Waals surface area contributed by atoms with Crippen molar-refractivity contribution in [1.29, 1.82) is 0 Å². The second-order valence-electron chi connectivity index (χ2n) is 7.01. The van der Waals surface area contributed by atoms with Gasteiger partial charge in [0.15, 0.2) is 0 Å². The van der Waals surface area contributed by atoms with Gasteiger partial charge in [0.2, 0.25) is 0 Å². The van der Waals surface area contributed by atoms with E-state index in [0.717, 1.165) is 25.7 Å². The molecule has 0 spiro atoms. The van der Waals surface area contributed by atoms with Crippen LogP contribution in [0.2, 0.25) is 0 Å². The minimum absolute atomic E-state index is 0.0655. The number of aromatic nitrogens is 3. The Morgan fingerprint density at radius 2 is 1.81 bits per heavy atom. The normalized spacial score (nSPS) is 24.5. The predicted molar refractivity (Wildman–Crippen MR) is 95.6 cm³/mol. The Bertz CT molecular complexity index is 789. The van der Waals surface area contributed by atoms with Crippen molar-refractivity contribution < 1.29 is 9.59 Å². The van der Waals surface area contributed by atoms with Gasteiger partial charge >= 0.3 is 0 Å². The first-order valence-corrected chi connectivity index (χ1v) is 9.22. The molecule has 136 valence electrons. The van der Waals surface area contributed by atoms with Crippen LogP contribution in [0.1, 0.15) is 53.5 Å². The highest BCUT2D eigenvalue weighted by molar-refractivity contribution is 5.94. The molecule has 7 heteroatoms. The van der Waals surface area contributed by atoms with Crippen LogP contribution in [0.3, 0.4) is 0 Å². The fourth-order valence-electron chi connectivity index (χ4n) is 4.30. The van der Waals surface area contributed by atoms with Gasteiger partial charge < -0.3 is 10.2 Å². The van der Waals surface area contributed by atoms with Crippen LogP contribution in [-0.4, -0.2) is 49.6 Å². The third kappa shape index (κ3) is 2.98. The summed E-state index contributed by atoms with van der Waals surface area (Å²) in [6.45, 7) is 2.67. The summed E-state index contributed by atoms with van der Waals surface area (Å²) in [5.41, 5.74) is 1.28. The van der Waals surface area contributed by atoms with Crippen molar-refractivity contribution in [2.45, 2.75) is 57.3 Å². The van der Waals surface area contributed by atoms with E-state index in [1.165, 1.54) is 0 Å². The molecule has 1 N–H and O–H groups in total. The van der Waals surface area contributed by atoms with Gasteiger partial charge in [-0.3, -0.25) is 19.3 Å². The average molecular weight is 353 g/mol. The first-order valence-electron chi connectivity index (χ1n) is 9.22. The Balaban J connectivity index is 1.44. The van der Waals surface area contributed by atoms with E-state index in [1.54, 1.807) is 41.5 Å². The van der Waals surface area contributed by atoms with E-state index in [2.05, 4.69) is 15.4 Å². The number of carbonyl (C=O) groups is 2. The standard InChI is InChI=1S/C19H23N5O2/c1-2-23-17(7-10-21-23)19(26)24-15-3-4-16(24)12-14(11-15)22-18(25)13-5-8-20-9-6-13/h5-10,14-16H,2-4,11-12H2,1H3,(H,22,25)/t14?,15-,16+. The number of hydrogen-bond acceptors (Lipinski definition) is 4. The quantitative estimate of drug-likeness (QED) is 0.910. The minimum atomic E-state index is -0.0689. The van der Waals surface area contributed by atoms with Gasteiger partial charge in [0.25, 0.3) is 11.8 Å². The number of amides is 2. The lowest BCUT2D eigenvalue weighted by molar-refractivity contribution is 0.0537. The van der Waals surface area contributed by atoms with Crippen molar-refractivity contribution in [3.63, 3.8) is 0 Å². The second-order valence-corrected chi connectivity index (χ2v) is 7.01. The molecule has 3 atom stereocenters. The molecule has 2 fully saturated rings. The fourth-order valence-corrected chi connectivity index (χ4v) is 4.30. The van der Waals surface area contributed by atoms with E-state index in [9.17, 15) is 9.59 Å². The number of nitrogens with zero attached hydrogens (tertiary/aromatic N) is 4. The summed E-state index contributed by atoms with van der Waals surface area (Å²) in [7, 11) is 0. The lowest BCUT2D eigenvalue weighted by atomic mass is 9.96. The lowest BCUT2D eigenvalue weighted by Crippen LogP contribution is -2.52. The van der Waals surface area contributed by atoms with Crippen LogP contribution in [0.15, 0.2) is 36.8 Å². The molecule has 2 bridgehead atoms. The van der Waals surface area contributed by atoms with E-state index >= 15 is 0 Å².